The minimum absolute atomic E-state index is 0.0865. The van der Waals surface area contributed by atoms with Gasteiger partial charge in [-0.2, -0.15) is 0 Å². The van der Waals surface area contributed by atoms with Crippen LogP contribution in [-0.4, -0.2) is 4.57 Å². The number of nitrogens with zero attached hydrogens (tertiary/aromatic N) is 1. The fourth-order valence-corrected chi connectivity index (χ4v) is 1.81. The number of rotatable bonds is 4. The minimum Gasteiger partial charge on any atom is -0.326 e. The second-order valence-electron chi connectivity index (χ2n) is 3.96. The maximum absolute atomic E-state index is 12.0. The first-order valence-corrected chi connectivity index (χ1v) is 5.51. The Bertz CT molecular complexity index is 393. The van der Waals surface area contributed by atoms with Crippen LogP contribution in [0.2, 0.25) is 0 Å². The van der Waals surface area contributed by atoms with Crippen molar-refractivity contribution in [2.45, 2.75) is 46.7 Å². The van der Waals surface area contributed by atoms with Crippen LogP contribution in [0.4, 0.5) is 0 Å². The highest BCUT2D eigenvalue weighted by Crippen LogP contribution is 2.06. The van der Waals surface area contributed by atoms with E-state index in [1.54, 1.807) is 0 Å². The molecule has 0 radical (unpaired) electrons. The zero-order chi connectivity index (χ0) is 11.4. The summed E-state index contributed by atoms with van der Waals surface area (Å²) in [4.78, 5) is 12.0. The monoisotopic (exact) mass is 208 g/mol. The van der Waals surface area contributed by atoms with Crippen LogP contribution in [0.5, 0.6) is 0 Å². The van der Waals surface area contributed by atoms with E-state index in [4.69, 9.17) is 5.73 Å². The molecule has 0 bridgehead atoms. The molecule has 3 nitrogen and oxygen atoms in total. The Kier molecular flexibility index (Phi) is 4.09. The summed E-state index contributed by atoms with van der Waals surface area (Å²) in [5, 5.41) is 0. The van der Waals surface area contributed by atoms with Gasteiger partial charge in [-0.1, -0.05) is 13.3 Å². The lowest BCUT2D eigenvalue weighted by atomic mass is 10.1. The maximum Gasteiger partial charge on any atom is 0.255 e. The Balaban J connectivity index is 3.20. The van der Waals surface area contributed by atoms with Crippen molar-refractivity contribution < 1.29 is 0 Å². The van der Waals surface area contributed by atoms with Crippen molar-refractivity contribution in [1.29, 1.82) is 0 Å². The molecule has 0 aliphatic rings. The number of nitrogens with two attached hydrogens (primary N) is 1. The van der Waals surface area contributed by atoms with Crippen LogP contribution in [0.3, 0.4) is 0 Å². The molecule has 84 valence electrons. The molecule has 0 aliphatic carbocycles. The summed E-state index contributed by atoms with van der Waals surface area (Å²) < 4.78 is 1.83. The third-order valence-corrected chi connectivity index (χ3v) is 2.77. The highest BCUT2D eigenvalue weighted by Gasteiger charge is 2.08. The molecule has 0 saturated heterocycles. The summed E-state index contributed by atoms with van der Waals surface area (Å²) >= 11 is 0. The summed E-state index contributed by atoms with van der Waals surface area (Å²) in [6.45, 7) is 7.18. The average molecular weight is 208 g/mol. The summed E-state index contributed by atoms with van der Waals surface area (Å²) in [5.74, 6) is 0. The van der Waals surface area contributed by atoms with Gasteiger partial charge in [-0.3, -0.25) is 4.79 Å². The maximum atomic E-state index is 12.0. The lowest BCUT2D eigenvalue weighted by molar-refractivity contribution is 0.592. The van der Waals surface area contributed by atoms with Crippen molar-refractivity contribution >= 4 is 0 Å². The second kappa shape index (κ2) is 5.12. The molecule has 15 heavy (non-hydrogen) atoms. The topological polar surface area (TPSA) is 48.0 Å². The standard InChI is InChI=1S/C12H20N2O/c1-4-5-6-14-10(3)7-9(2)11(8-13)12(14)15/h7H,4-6,8,13H2,1-3H3. The number of aromatic nitrogens is 1. The van der Waals surface area contributed by atoms with Gasteiger partial charge in [0.15, 0.2) is 0 Å². The van der Waals surface area contributed by atoms with Crippen LogP contribution in [0.15, 0.2) is 10.9 Å². The normalized spacial score (nSPS) is 10.7. The van der Waals surface area contributed by atoms with Crippen LogP contribution < -0.4 is 11.3 Å². The third kappa shape index (κ3) is 2.48. The molecule has 0 aliphatic heterocycles. The van der Waals surface area contributed by atoms with Crippen molar-refractivity contribution in [3.05, 3.63) is 33.2 Å². The van der Waals surface area contributed by atoms with Gasteiger partial charge in [0.25, 0.3) is 5.56 Å². The lowest BCUT2D eigenvalue weighted by Crippen LogP contribution is -2.28. The van der Waals surface area contributed by atoms with Gasteiger partial charge in [-0.15, -0.1) is 0 Å². The molecule has 1 aromatic rings. The smallest absolute Gasteiger partial charge is 0.255 e. The molecule has 1 heterocycles. The Hall–Kier alpha value is -1.09. The van der Waals surface area contributed by atoms with Gasteiger partial charge >= 0.3 is 0 Å². The first-order chi connectivity index (χ1) is 7.11. The molecule has 0 spiro atoms. The van der Waals surface area contributed by atoms with E-state index in [9.17, 15) is 4.79 Å². The number of hydrogen-bond donors (Lipinski definition) is 1. The zero-order valence-electron chi connectivity index (χ0n) is 9.84. The second-order valence-corrected chi connectivity index (χ2v) is 3.96. The number of unbranched alkanes of at least 4 members (excludes halogenated alkanes) is 1. The highest BCUT2D eigenvalue weighted by atomic mass is 16.1. The van der Waals surface area contributed by atoms with Crippen molar-refractivity contribution in [3.63, 3.8) is 0 Å². The number of aryl methyl sites for hydroxylation is 2. The SMILES string of the molecule is CCCCn1c(C)cc(C)c(CN)c1=O. The van der Waals surface area contributed by atoms with Gasteiger partial charge in [0.05, 0.1) is 0 Å². The lowest BCUT2D eigenvalue weighted by Gasteiger charge is -2.13. The van der Waals surface area contributed by atoms with Gasteiger partial charge in [-0.05, 0) is 31.9 Å². The molecule has 0 fully saturated rings. The Morgan fingerprint density at radius 2 is 2.07 bits per heavy atom. The van der Waals surface area contributed by atoms with Gasteiger partial charge in [0, 0.05) is 24.3 Å². The van der Waals surface area contributed by atoms with E-state index in [1.165, 1.54) is 0 Å². The van der Waals surface area contributed by atoms with Crippen LogP contribution in [0, 0.1) is 13.8 Å². The van der Waals surface area contributed by atoms with Crippen LogP contribution in [0.1, 0.15) is 36.6 Å². The Morgan fingerprint density at radius 1 is 1.40 bits per heavy atom. The summed E-state index contributed by atoms with van der Waals surface area (Å²) in [6, 6.07) is 2.04. The van der Waals surface area contributed by atoms with Gasteiger partial charge in [0.1, 0.15) is 0 Å². The molecule has 1 rings (SSSR count). The predicted molar refractivity (Wildman–Crippen MR) is 63.0 cm³/mol. The molecule has 3 heteroatoms. The highest BCUT2D eigenvalue weighted by molar-refractivity contribution is 5.25. The van der Waals surface area contributed by atoms with E-state index in [2.05, 4.69) is 6.92 Å². The molecule has 0 amide bonds. The van der Waals surface area contributed by atoms with Crippen molar-refractivity contribution in [2.75, 3.05) is 0 Å². The molecule has 0 aromatic carbocycles. The molecular weight excluding hydrogens is 188 g/mol. The van der Waals surface area contributed by atoms with E-state index in [-0.39, 0.29) is 5.56 Å². The zero-order valence-corrected chi connectivity index (χ0v) is 9.84. The van der Waals surface area contributed by atoms with E-state index in [0.717, 1.165) is 36.2 Å². The first-order valence-electron chi connectivity index (χ1n) is 5.51. The quantitative estimate of drug-likeness (QED) is 0.819. The van der Waals surface area contributed by atoms with Gasteiger partial charge in [0.2, 0.25) is 0 Å². The molecular formula is C12H20N2O. The minimum atomic E-state index is 0.0865. The van der Waals surface area contributed by atoms with Crippen molar-refractivity contribution in [1.82, 2.24) is 4.57 Å². The van der Waals surface area contributed by atoms with E-state index in [1.807, 2.05) is 24.5 Å². The molecule has 0 unspecified atom stereocenters. The Morgan fingerprint density at radius 3 is 2.60 bits per heavy atom. The fourth-order valence-electron chi connectivity index (χ4n) is 1.81. The average Bonchev–Trinajstić information content (AvgIpc) is 2.17. The van der Waals surface area contributed by atoms with E-state index in [0.29, 0.717) is 6.54 Å². The molecule has 2 N–H and O–H groups in total. The van der Waals surface area contributed by atoms with Crippen LogP contribution in [-0.2, 0) is 13.1 Å². The Labute approximate surface area is 90.9 Å². The van der Waals surface area contributed by atoms with E-state index < -0.39 is 0 Å². The van der Waals surface area contributed by atoms with Crippen LogP contribution >= 0.6 is 0 Å². The number of pyridine rings is 1. The third-order valence-electron chi connectivity index (χ3n) is 2.77. The first kappa shape index (κ1) is 12.0. The molecule has 1 aromatic heterocycles. The van der Waals surface area contributed by atoms with Crippen LogP contribution in [0.25, 0.3) is 0 Å². The summed E-state index contributed by atoms with van der Waals surface area (Å²) in [5.41, 5.74) is 8.46. The molecule has 0 atom stereocenters. The van der Waals surface area contributed by atoms with E-state index >= 15 is 0 Å². The predicted octanol–water partition coefficient (Wildman–Crippen LogP) is 1.72. The van der Waals surface area contributed by atoms with Crippen molar-refractivity contribution in [3.8, 4) is 0 Å². The largest absolute Gasteiger partial charge is 0.326 e. The molecule has 0 saturated carbocycles. The number of hydrogen-bond acceptors (Lipinski definition) is 2. The van der Waals surface area contributed by atoms with Gasteiger partial charge in [-0.25, -0.2) is 0 Å². The summed E-state index contributed by atoms with van der Waals surface area (Å²) in [7, 11) is 0. The summed E-state index contributed by atoms with van der Waals surface area (Å²) in [6.07, 6.45) is 2.13. The van der Waals surface area contributed by atoms with Crippen molar-refractivity contribution in [2.24, 2.45) is 5.73 Å². The van der Waals surface area contributed by atoms with Gasteiger partial charge < -0.3 is 10.3 Å². The fraction of sp³-hybridized carbons (Fsp3) is 0.583.